The topological polar surface area (TPSA) is 58.6 Å². The number of hydrogen-bond acceptors (Lipinski definition) is 3. The molecule has 90 valence electrons. The van der Waals surface area contributed by atoms with E-state index in [2.05, 4.69) is 19.2 Å². The second-order valence-corrected chi connectivity index (χ2v) is 4.48. The van der Waals surface area contributed by atoms with Gasteiger partial charge in [0.05, 0.1) is 6.61 Å². The Morgan fingerprint density at radius 1 is 1.53 bits per heavy atom. The van der Waals surface area contributed by atoms with Crippen LogP contribution in [0.1, 0.15) is 33.6 Å². The SMILES string of the molecule is CNC(C)(COCCCC(C)C)C(=O)O. The van der Waals surface area contributed by atoms with E-state index in [1.807, 2.05) is 0 Å². The summed E-state index contributed by atoms with van der Waals surface area (Å²) in [6, 6.07) is 0. The van der Waals surface area contributed by atoms with Crippen molar-refractivity contribution in [3.05, 3.63) is 0 Å². The number of carboxylic acid groups (broad SMARTS) is 1. The van der Waals surface area contributed by atoms with Crippen LogP contribution in [0, 0.1) is 5.92 Å². The quantitative estimate of drug-likeness (QED) is 0.605. The van der Waals surface area contributed by atoms with Crippen molar-refractivity contribution >= 4 is 5.97 Å². The molecule has 0 saturated carbocycles. The van der Waals surface area contributed by atoms with Crippen molar-refractivity contribution in [2.24, 2.45) is 5.92 Å². The second-order valence-electron chi connectivity index (χ2n) is 4.48. The van der Waals surface area contributed by atoms with Gasteiger partial charge in [-0.2, -0.15) is 0 Å². The number of nitrogens with one attached hydrogen (secondary N) is 1. The third-order valence-electron chi connectivity index (χ3n) is 2.48. The number of carboxylic acids is 1. The fraction of sp³-hybridized carbons (Fsp3) is 0.909. The van der Waals surface area contributed by atoms with Crippen LogP contribution >= 0.6 is 0 Å². The minimum absolute atomic E-state index is 0.205. The standard InChI is InChI=1S/C11H23NO3/c1-9(2)6-5-7-15-8-11(3,12-4)10(13)14/h9,12H,5-8H2,1-4H3,(H,13,14). The van der Waals surface area contributed by atoms with E-state index in [1.54, 1.807) is 14.0 Å². The van der Waals surface area contributed by atoms with Crippen molar-refractivity contribution in [3.63, 3.8) is 0 Å². The van der Waals surface area contributed by atoms with Crippen LogP contribution in [0.3, 0.4) is 0 Å². The van der Waals surface area contributed by atoms with Crippen LogP contribution in [0.4, 0.5) is 0 Å². The Balaban J connectivity index is 3.69. The highest BCUT2D eigenvalue weighted by Crippen LogP contribution is 2.07. The van der Waals surface area contributed by atoms with Gasteiger partial charge < -0.3 is 15.2 Å². The van der Waals surface area contributed by atoms with Gasteiger partial charge in [0.2, 0.25) is 0 Å². The number of rotatable bonds is 8. The molecule has 1 unspecified atom stereocenters. The molecular formula is C11H23NO3. The van der Waals surface area contributed by atoms with Crippen LogP contribution in [0.25, 0.3) is 0 Å². The van der Waals surface area contributed by atoms with E-state index < -0.39 is 11.5 Å². The summed E-state index contributed by atoms with van der Waals surface area (Å²) < 4.78 is 5.36. The van der Waals surface area contributed by atoms with Crippen LogP contribution < -0.4 is 5.32 Å². The van der Waals surface area contributed by atoms with Gasteiger partial charge in [0.15, 0.2) is 0 Å². The van der Waals surface area contributed by atoms with Crippen LogP contribution in [0.2, 0.25) is 0 Å². The monoisotopic (exact) mass is 217 g/mol. The number of aliphatic carboxylic acids is 1. The minimum Gasteiger partial charge on any atom is -0.480 e. The van der Waals surface area contributed by atoms with Gasteiger partial charge >= 0.3 is 5.97 Å². The summed E-state index contributed by atoms with van der Waals surface area (Å²) in [6.07, 6.45) is 2.10. The molecule has 0 radical (unpaired) electrons. The van der Waals surface area contributed by atoms with E-state index in [0.717, 1.165) is 12.8 Å². The highest BCUT2D eigenvalue weighted by Gasteiger charge is 2.31. The maximum atomic E-state index is 10.9. The third kappa shape index (κ3) is 5.74. The zero-order valence-corrected chi connectivity index (χ0v) is 10.2. The summed E-state index contributed by atoms with van der Waals surface area (Å²) in [7, 11) is 1.63. The lowest BCUT2D eigenvalue weighted by Gasteiger charge is -2.23. The first-order valence-electron chi connectivity index (χ1n) is 5.42. The molecule has 0 fully saturated rings. The Kier molecular flexibility index (Phi) is 6.52. The molecule has 0 bridgehead atoms. The van der Waals surface area contributed by atoms with E-state index in [-0.39, 0.29) is 6.61 Å². The van der Waals surface area contributed by atoms with E-state index in [4.69, 9.17) is 9.84 Å². The normalized spacial score (nSPS) is 15.3. The van der Waals surface area contributed by atoms with Crippen molar-refractivity contribution in [3.8, 4) is 0 Å². The molecule has 4 heteroatoms. The van der Waals surface area contributed by atoms with Gasteiger partial charge in [-0.05, 0) is 32.7 Å². The number of hydrogen-bond donors (Lipinski definition) is 2. The number of likely N-dealkylation sites (N-methyl/N-ethyl adjacent to an activating group) is 1. The number of carbonyl (C=O) groups is 1. The molecule has 0 aliphatic heterocycles. The van der Waals surface area contributed by atoms with Crippen molar-refractivity contribution in [1.82, 2.24) is 5.32 Å². The molecule has 1 atom stereocenters. The first-order chi connectivity index (χ1) is 6.92. The largest absolute Gasteiger partial charge is 0.480 e. The van der Waals surface area contributed by atoms with Crippen molar-refractivity contribution in [2.45, 2.75) is 39.2 Å². The van der Waals surface area contributed by atoms with Crippen molar-refractivity contribution in [2.75, 3.05) is 20.3 Å². The number of ether oxygens (including phenoxy) is 1. The fourth-order valence-corrected chi connectivity index (χ4v) is 1.11. The molecule has 0 spiro atoms. The lowest BCUT2D eigenvalue weighted by molar-refractivity contribution is -0.146. The lowest BCUT2D eigenvalue weighted by Crippen LogP contribution is -2.51. The Morgan fingerprint density at radius 3 is 2.53 bits per heavy atom. The van der Waals surface area contributed by atoms with Gasteiger partial charge in [0, 0.05) is 6.61 Å². The zero-order chi connectivity index (χ0) is 11.9. The van der Waals surface area contributed by atoms with Gasteiger partial charge in [0.25, 0.3) is 0 Å². The molecule has 0 saturated heterocycles. The van der Waals surface area contributed by atoms with Crippen LogP contribution in [-0.4, -0.2) is 36.9 Å². The molecular weight excluding hydrogens is 194 g/mol. The van der Waals surface area contributed by atoms with E-state index in [0.29, 0.717) is 12.5 Å². The average Bonchev–Trinajstić information content (AvgIpc) is 2.16. The van der Waals surface area contributed by atoms with Crippen LogP contribution in [-0.2, 0) is 9.53 Å². The first-order valence-corrected chi connectivity index (χ1v) is 5.42. The fourth-order valence-electron chi connectivity index (χ4n) is 1.11. The molecule has 0 aromatic heterocycles. The molecule has 0 aliphatic rings. The summed E-state index contributed by atoms with van der Waals surface area (Å²) in [4.78, 5) is 10.9. The Bertz CT molecular complexity index is 194. The summed E-state index contributed by atoms with van der Waals surface area (Å²) >= 11 is 0. The molecule has 0 amide bonds. The zero-order valence-electron chi connectivity index (χ0n) is 10.2. The van der Waals surface area contributed by atoms with E-state index in [1.165, 1.54) is 0 Å². The maximum Gasteiger partial charge on any atom is 0.326 e. The van der Waals surface area contributed by atoms with E-state index >= 15 is 0 Å². The smallest absolute Gasteiger partial charge is 0.326 e. The maximum absolute atomic E-state index is 10.9. The Labute approximate surface area is 92.0 Å². The molecule has 15 heavy (non-hydrogen) atoms. The van der Waals surface area contributed by atoms with Crippen LogP contribution in [0.5, 0.6) is 0 Å². The molecule has 0 aliphatic carbocycles. The van der Waals surface area contributed by atoms with Crippen molar-refractivity contribution in [1.29, 1.82) is 0 Å². The molecule has 0 aromatic carbocycles. The van der Waals surface area contributed by atoms with Crippen LogP contribution in [0.15, 0.2) is 0 Å². The summed E-state index contributed by atoms with van der Waals surface area (Å²) in [5, 5.41) is 11.7. The van der Waals surface area contributed by atoms with Crippen molar-refractivity contribution < 1.29 is 14.6 Å². The summed E-state index contributed by atoms with van der Waals surface area (Å²) in [6.45, 7) is 6.78. The molecule has 2 N–H and O–H groups in total. The molecule has 0 aromatic rings. The molecule has 0 rings (SSSR count). The Hall–Kier alpha value is -0.610. The minimum atomic E-state index is -0.974. The summed E-state index contributed by atoms with van der Waals surface area (Å²) in [5.74, 6) is -0.211. The predicted molar refractivity (Wildman–Crippen MR) is 60.0 cm³/mol. The average molecular weight is 217 g/mol. The van der Waals surface area contributed by atoms with Gasteiger partial charge in [-0.15, -0.1) is 0 Å². The van der Waals surface area contributed by atoms with Gasteiger partial charge in [-0.3, -0.25) is 4.79 Å². The molecule has 4 nitrogen and oxygen atoms in total. The molecule has 0 heterocycles. The summed E-state index contributed by atoms with van der Waals surface area (Å²) in [5.41, 5.74) is -0.974. The van der Waals surface area contributed by atoms with Gasteiger partial charge in [0.1, 0.15) is 5.54 Å². The van der Waals surface area contributed by atoms with Gasteiger partial charge in [-0.1, -0.05) is 13.8 Å². The van der Waals surface area contributed by atoms with Gasteiger partial charge in [-0.25, -0.2) is 0 Å². The highest BCUT2D eigenvalue weighted by molar-refractivity contribution is 5.78. The predicted octanol–water partition coefficient (Wildman–Crippen LogP) is 1.50. The first kappa shape index (κ1) is 14.4. The third-order valence-corrected chi connectivity index (χ3v) is 2.48. The second kappa shape index (κ2) is 6.80. The highest BCUT2D eigenvalue weighted by atomic mass is 16.5. The van der Waals surface area contributed by atoms with E-state index in [9.17, 15) is 4.79 Å². The Morgan fingerprint density at radius 2 is 2.13 bits per heavy atom. The lowest BCUT2D eigenvalue weighted by atomic mass is 10.1.